The minimum absolute atomic E-state index is 0.0902. The number of methoxy groups -OCH3 is 1. The number of rotatable bonds is 27. The van der Waals surface area contributed by atoms with Crippen LogP contribution in [0, 0.1) is 55.4 Å². The van der Waals surface area contributed by atoms with E-state index >= 15 is 0 Å². The quantitative estimate of drug-likeness (QED) is 0.0227. The fourth-order valence-electron chi connectivity index (χ4n) is 14.3. The number of nitrogens with one attached hydrogen (secondary N) is 8. The number of aromatic amines is 4. The van der Waals surface area contributed by atoms with Gasteiger partial charge in [0.15, 0.2) is 23.3 Å². The van der Waals surface area contributed by atoms with Gasteiger partial charge in [-0.2, -0.15) is 20.4 Å². The van der Waals surface area contributed by atoms with Gasteiger partial charge in [-0.1, -0.05) is 172 Å². The highest BCUT2D eigenvalue weighted by Crippen LogP contribution is 2.33. The molecule has 27 nitrogen and oxygen atoms in total. The smallest absolute Gasteiger partial charge is 0.254 e. The van der Waals surface area contributed by atoms with Crippen molar-refractivity contribution in [3.8, 4) is 45.6 Å². The van der Waals surface area contributed by atoms with Crippen molar-refractivity contribution in [3.05, 3.63) is 334 Å². The van der Waals surface area contributed by atoms with Crippen LogP contribution in [0.15, 0.2) is 195 Å². The highest BCUT2D eigenvalue weighted by Gasteiger charge is 2.25. The number of aromatic nitrogens is 10. The number of hydrogen-bond donors (Lipinski definition) is 16. The standard InChI is InChI=1S/C26H26N4O2.C24H30N4O2.C23H24N6O2.C21H24N4O3/c1-16-12-19(13-17(2)24(16)31)15-28-26-23(25(27)32)22(29-30-26)14-18-8-10-21(11-9-18)20-6-4-3-5-7-20;1-14-10-17(11-15(2)21(14)29)13-26-23-20(22(25)30)19(27-28-23)12-16-6-8-18(9-7-16)24(3,4)5;1-14-9-17(10-15(2)21(14)30)12-26-23-20(22(24)31)19(27-28-23)11-16-3-5-18(6-4-16)29-8-7-25-13-29;1-12-8-15(9-13(2)19(12)26)11-23-21-18(20(22)27)17(24-25-21)10-14-4-6-16(28-3)7-5-14/h3-13,31H,14-15H2,1-2H3,(H2,27,32)(H2,28,29,30);6-11,29H,12-13H2,1-5H3,(H2,25,30)(H2,26,27,28);3-10,13,30H,11-12H2,1-2H3,(H2,24,31)(H2,26,27,28);4-9,26H,10-11H2,1-3H3,(H2,22,27)(H2,23,24,25). The topological polar surface area (TPSA) is 443 Å². The lowest BCUT2D eigenvalue weighted by Crippen LogP contribution is -2.15. The predicted octanol–water partition coefficient (Wildman–Crippen LogP) is 15.3. The molecule has 9 aromatic carbocycles. The molecule has 20 N–H and O–H groups in total. The molecule has 14 aromatic rings. The van der Waals surface area contributed by atoms with E-state index in [9.17, 15) is 39.6 Å². The van der Waals surface area contributed by atoms with E-state index in [1.165, 1.54) is 5.56 Å². The number of nitrogens with zero attached hydrogens (tertiary/aromatic N) is 6. The van der Waals surface area contributed by atoms with Crippen molar-refractivity contribution in [2.24, 2.45) is 22.9 Å². The van der Waals surface area contributed by atoms with Gasteiger partial charge in [-0.15, -0.1) is 0 Å². The Hall–Kier alpha value is -14.9. The lowest BCUT2D eigenvalue weighted by atomic mass is 9.86. The minimum Gasteiger partial charge on any atom is -0.507 e. The molecule has 0 saturated carbocycles. The van der Waals surface area contributed by atoms with Crippen LogP contribution in [0.4, 0.5) is 23.3 Å². The van der Waals surface area contributed by atoms with Crippen molar-refractivity contribution in [1.82, 2.24) is 50.3 Å². The van der Waals surface area contributed by atoms with Crippen molar-refractivity contribution < 1.29 is 44.3 Å². The molecule has 0 atom stereocenters. The second-order valence-electron chi connectivity index (χ2n) is 31.1. The first-order valence-corrected chi connectivity index (χ1v) is 39.3. The lowest BCUT2D eigenvalue weighted by Gasteiger charge is -2.19. The number of nitrogens with two attached hydrogens (primary N) is 4. The Morgan fingerprint density at radius 3 is 0.917 bits per heavy atom. The maximum Gasteiger partial charge on any atom is 0.254 e. The Morgan fingerprint density at radius 2 is 0.653 bits per heavy atom. The molecule has 5 heterocycles. The summed E-state index contributed by atoms with van der Waals surface area (Å²) in [6, 6.07) is 57.5. The van der Waals surface area contributed by atoms with Crippen molar-refractivity contribution in [3.63, 3.8) is 0 Å². The van der Waals surface area contributed by atoms with Gasteiger partial charge in [-0.05, 0) is 191 Å². The molecule has 0 saturated heterocycles. The van der Waals surface area contributed by atoms with Crippen LogP contribution >= 0.6 is 0 Å². The number of aryl methyl sites for hydroxylation is 8. The number of phenols is 4. The first kappa shape index (κ1) is 87.0. The molecule has 4 amide bonds. The summed E-state index contributed by atoms with van der Waals surface area (Å²) in [5.74, 6) is 1.52. The lowest BCUT2D eigenvalue weighted by molar-refractivity contribution is 0.0991. The number of primary amides is 4. The van der Waals surface area contributed by atoms with E-state index in [-0.39, 0.29) is 5.41 Å². The number of ether oxygens (including phenoxy) is 1. The Labute approximate surface area is 702 Å². The van der Waals surface area contributed by atoms with Gasteiger partial charge >= 0.3 is 0 Å². The van der Waals surface area contributed by atoms with Gasteiger partial charge in [0, 0.05) is 69.9 Å². The summed E-state index contributed by atoms with van der Waals surface area (Å²) >= 11 is 0. The number of hydrogen-bond acceptors (Lipinski definition) is 18. The molecule has 0 spiro atoms. The minimum atomic E-state index is -0.544. The summed E-state index contributed by atoms with van der Waals surface area (Å²) in [7, 11) is 1.62. The van der Waals surface area contributed by atoms with Crippen molar-refractivity contribution >= 4 is 46.9 Å². The van der Waals surface area contributed by atoms with Crippen LogP contribution in [0.3, 0.4) is 0 Å². The molecule has 27 heteroatoms. The first-order valence-electron chi connectivity index (χ1n) is 39.3. The van der Waals surface area contributed by atoms with Crippen LogP contribution < -0.4 is 48.9 Å². The van der Waals surface area contributed by atoms with Crippen LogP contribution in [0.1, 0.15) is 180 Å². The Balaban J connectivity index is 0.000000158. The summed E-state index contributed by atoms with van der Waals surface area (Å²) in [6.07, 6.45) is 7.39. The number of carbonyl (C=O) groups excluding carboxylic acids is 4. The molecule has 14 rings (SSSR count). The van der Waals surface area contributed by atoms with Crippen molar-refractivity contribution in [2.75, 3.05) is 28.4 Å². The number of H-pyrrole nitrogens is 4. The van der Waals surface area contributed by atoms with E-state index in [0.29, 0.717) is 143 Å². The fourth-order valence-corrected chi connectivity index (χ4v) is 14.3. The van der Waals surface area contributed by atoms with Gasteiger partial charge in [0.05, 0.1) is 36.2 Å². The normalized spacial score (nSPS) is 11.0. The molecular weight excluding hydrogens is 1530 g/mol. The van der Waals surface area contributed by atoms with Gasteiger partial charge in [0.25, 0.3) is 23.6 Å². The average Bonchev–Trinajstić information content (AvgIpc) is 1.67. The third-order valence-corrected chi connectivity index (χ3v) is 20.7. The van der Waals surface area contributed by atoms with Gasteiger partial charge in [-0.25, -0.2) is 4.98 Å². The molecule has 5 aromatic heterocycles. The highest BCUT2D eigenvalue weighted by molar-refractivity contribution is 6.01. The number of imidazole rings is 1. The molecule has 624 valence electrons. The Bertz CT molecular complexity index is 5870. The van der Waals surface area contributed by atoms with E-state index in [0.717, 1.165) is 112 Å². The van der Waals surface area contributed by atoms with Gasteiger partial charge in [0.2, 0.25) is 0 Å². The van der Waals surface area contributed by atoms with E-state index < -0.39 is 23.6 Å². The van der Waals surface area contributed by atoms with E-state index in [4.69, 9.17) is 27.7 Å². The van der Waals surface area contributed by atoms with Crippen molar-refractivity contribution in [1.29, 1.82) is 0 Å². The molecule has 0 aliphatic carbocycles. The molecule has 0 bridgehead atoms. The van der Waals surface area contributed by atoms with Gasteiger partial charge in [-0.3, -0.25) is 39.6 Å². The second-order valence-corrected chi connectivity index (χ2v) is 31.1. The molecule has 121 heavy (non-hydrogen) atoms. The summed E-state index contributed by atoms with van der Waals surface area (Å²) in [4.78, 5) is 52.5. The Kier molecular flexibility index (Phi) is 28.0. The summed E-state index contributed by atoms with van der Waals surface area (Å²) < 4.78 is 7.08. The molecule has 0 fully saturated rings. The first-order chi connectivity index (χ1) is 57.8. The zero-order valence-corrected chi connectivity index (χ0v) is 70.0. The van der Waals surface area contributed by atoms with E-state index in [2.05, 4.69) is 136 Å². The summed E-state index contributed by atoms with van der Waals surface area (Å²) in [5.41, 5.74) is 45.8. The summed E-state index contributed by atoms with van der Waals surface area (Å²) in [6.45, 7) is 23.2. The Morgan fingerprint density at radius 1 is 0.380 bits per heavy atom. The van der Waals surface area contributed by atoms with Crippen LogP contribution in [-0.2, 0) is 57.3 Å². The van der Waals surface area contributed by atoms with E-state index in [1.807, 2.05) is 194 Å². The number of carbonyl (C=O) groups is 4. The molecular formula is C94H104N18O9. The fraction of sp³-hybridized carbons (Fsp3) is 0.223. The number of amides is 4. The third kappa shape index (κ3) is 22.2. The highest BCUT2D eigenvalue weighted by atomic mass is 16.5. The maximum atomic E-state index is 12.2. The number of anilines is 4. The zero-order chi connectivity index (χ0) is 86.9. The monoisotopic (exact) mass is 1630 g/mol. The zero-order valence-electron chi connectivity index (χ0n) is 70.0. The number of phenolic OH excluding ortho intramolecular Hbond substituents is 4. The van der Waals surface area contributed by atoms with Crippen LogP contribution in [0.5, 0.6) is 28.7 Å². The van der Waals surface area contributed by atoms with Crippen LogP contribution in [0.25, 0.3) is 16.8 Å². The third-order valence-electron chi connectivity index (χ3n) is 20.7. The van der Waals surface area contributed by atoms with E-state index in [1.54, 1.807) is 19.6 Å². The number of aromatic hydroxyl groups is 4. The van der Waals surface area contributed by atoms with Crippen molar-refractivity contribution in [2.45, 2.75) is 133 Å². The molecule has 0 radical (unpaired) electrons. The molecule has 0 unspecified atom stereocenters. The SMILES string of the molecule is COc1ccc(Cc2[nH]nc(NCc3cc(C)c(O)c(C)c3)c2C(N)=O)cc1.Cc1cc(CNc2n[nH]c(Cc3ccc(-c4ccccc4)cc3)c2C(N)=O)cc(C)c1O.Cc1cc(CNc2n[nH]c(Cc3ccc(-n4ccnc4)cc3)c2C(N)=O)cc(C)c1O.Cc1cc(CNc2n[nH]c(Cc3ccc(C(C)(C)C)cc3)c2C(N)=O)cc(C)c1O. The second kappa shape index (κ2) is 38.9. The molecule has 0 aliphatic rings. The molecule has 0 aliphatic heterocycles. The van der Waals surface area contributed by atoms with Gasteiger partial charge < -0.3 is 73.9 Å². The largest absolute Gasteiger partial charge is 0.507 e. The maximum absolute atomic E-state index is 12.2. The summed E-state index contributed by atoms with van der Waals surface area (Å²) in [5, 5.41) is 81.4. The number of benzene rings is 9. The van der Waals surface area contributed by atoms with Crippen LogP contribution in [-0.4, -0.2) is 102 Å². The van der Waals surface area contributed by atoms with Gasteiger partial charge in [0.1, 0.15) is 51.0 Å². The average molecular weight is 1630 g/mol. The predicted molar refractivity (Wildman–Crippen MR) is 473 cm³/mol. The van der Waals surface area contributed by atoms with Crippen LogP contribution in [0.2, 0.25) is 0 Å².